The number of nitrogens with one attached hydrogen (secondary N) is 1. The van der Waals surface area contributed by atoms with Crippen LogP contribution in [0.25, 0.3) is 0 Å². The van der Waals surface area contributed by atoms with Gasteiger partial charge in [-0.25, -0.2) is 0 Å². The number of nitrogens with zero attached hydrogens (tertiary/aromatic N) is 1. The van der Waals surface area contributed by atoms with Crippen molar-refractivity contribution in [3.63, 3.8) is 0 Å². The molecule has 0 saturated heterocycles. The summed E-state index contributed by atoms with van der Waals surface area (Å²) in [6.07, 6.45) is 0.473. The van der Waals surface area contributed by atoms with Crippen LogP contribution in [-0.2, 0) is 4.79 Å². The molecular formula is C8H4Cl2N2O. The number of benzene rings is 1. The van der Waals surface area contributed by atoms with Crippen molar-refractivity contribution in [3.8, 4) is 6.07 Å². The van der Waals surface area contributed by atoms with Gasteiger partial charge in [0.25, 0.3) is 0 Å². The normalized spacial score (nSPS) is 9.00. The Morgan fingerprint density at radius 3 is 2.69 bits per heavy atom. The summed E-state index contributed by atoms with van der Waals surface area (Å²) < 4.78 is 0. The van der Waals surface area contributed by atoms with E-state index in [4.69, 9.17) is 28.5 Å². The van der Waals surface area contributed by atoms with Gasteiger partial charge in [0.15, 0.2) is 0 Å². The lowest BCUT2D eigenvalue weighted by Crippen LogP contribution is -1.97. The monoisotopic (exact) mass is 214 g/mol. The number of carbonyl (C=O) groups is 1. The maximum atomic E-state index is 10.1. The Hall–Kier alpha value is -1.24. The third kappa shape index (κ3) is 1.92. The number of hydrogen-bond acceptors (Lipinski definition) is 2. The number of amides is 1. The van der Waals surface area contributed by atoms with Gasteiger partial charge in [0.2, 0.25) is 6.41 Å². The van der Waals surface area contributed by atoms with Crippen LogP contribution in [0.15, 0.2) is 12.1 Å². The molecule has 0 atom stereocenters. The first-order valence-corrected chi connectivity index (χ1v) is 4.04. The highest BCUT2D eigenvalue weighted by molar-refractivity contribution is 6.43. The second-order valence-corrected chi connectivity index (χ2v) is 2.94. The zero-order valence-corrected chi connectivity index (χ0v) is 7.86. The number of carbonyl (C=O) groups excluding carboxylic acids is 1. The molecule has 0 heterocycles. The molecule has 0 radical (unpaired) electrons. The molecule has 0 aliphatic rings. The Morgan fingerprint density at radius 1 is 1.46 bits per heavy atom. The fourth-order valence-corrected chi connectivity index (χ4v) is 1.21. The fourth-order valence-electron chi connectivity index (χ4n) is 0.844. The number of rotatable bonds is 2. The molecule has 1 rings (SSSR count). The van der Waals surface area contributed by atoms with Crippen molar-refractivity contribution in [1.29, 1.82) is 5.26 Å². The van der Waals surface area contributed by atoms with E-state index < -0.39 is 0 Å². The molecule has 1 aromatic rings. The van der Waals surface area contributed by atoms with E-state index in [1.165, 1.54) is 12.1 Å². The minimum atomic E-state index is 0.149. The molecule has 0 aromatic heterocycles. The van der Waals surface area contributed by atoms with Gasteiger partial charge in [0, 0.05) is 0 Å². The highest BCUT2D eigenvalue weighted by Crippen LogP contribution is 2.30. The van der Waals surface area contributed by atoms with E-state index in [0.29, 0.717) is 12.1 Å². The third-order valence-corrected chi connectivity index (χ3v) is 2.23. The van der Waals surface area contributed by atoms with Gasteiger partial charge in [0.05, 0.1) is 21.3 Å². The van der Waals surface area contributed by atoms with Crippen molar-refractivity contribution in [3.05, 3.63) is 27.7 Å². The van der Waals surface area contributed by atoms with Crippen molar-refractivity contribution in [2.45, 2.75) is 0 Å². The Bertz CT molecular complexity index is 384. The highest BCUT2D eigenvalue weighted by atomic mass is 35.5. The smallest absolute Gasteiger partial charge is 0.211 e. The maximum Gasteiger partial charge on any atom is 0.211 e. The van der Waals surface area contributed by atoms with Crippen LogP contribution in [0, 0.1) is 11.3 Å². The summed E-state index contributed by atoms with van der Waals surface area (Å²) in [6, 6.07) is 4.88. The van der Waals surface area contributed by atoms with Crippen LogP contribution in [0.4, 0.5) is 5.69 Å². The molecule has 1 N–H and O–H groups in total. The second-order valence-electron chi connectivity index (χ2n) is 2.16. The van der Waals surface area contributed by atoms with Gasteiger partial charge < -0.3 is 5.32 Å². The van der Waals surface area contributed by atoms with E-state index in [-0.39, 0.29) is 15.6 Å². The number of halogens is 2. The van der Waals surface area contributed by atoms with E-state index in [9.17, 15) is 4.79 Å². The Morgan fingerprint density at radius 2 is 2.15 bits per heavy atom. The van der Waals surface area contributed by atoms with Crippen LogP contribution >= 0.6 is 23.2 Å². The Labute approximate surface area is 84.9 Å². The zero-order chi connectivity index (χ0) is 9.84. The third-order valence-electron chi connectivity index (χ3n) is 1.42. The lowest BCUT2D eigenvalue weighted by Gasteiger charge is -2.04. The standard InChI is InChI=1S/C8H4Cl2N2O/c9-6-1-2-7(12-4-13)5(3-11)8(6)10/h1-2,4H,(H,12,13). The van der Waals surface area contributed by atoms with E-state index in [2.05, 4.69) is 5.32 Å². The molecule has 0 aliphatic heterocycles. The minimum Gasteiger partial charge on any atom is -0.327 e. The second kappa shape index (κ2) is 4.13. The average Bonchev–Trinajstić information content (AvgIpc) is 2.12. The summed E-state index contributed by atoms with van der Waals surface area (Å²) in [5.41, 5.74) is 0.521. The summed E-state index contributed by atoms with van der Waals surface area (Å²) in [5, 5.41) is 11.5. The molecule has 1 aromatic carbocycles. The molecule has 5 heteroatoms. The van der Waals surface area contributed by atoms with E-state index >= 15 is 0 Å². The predicted molar refractivity (Wildman–Crippen MR) is 50.9 cm³/mol. The molecule has 3 nitrogen and oxygen atoms in total. The summed E-state index contributed by atoms with van der Waals surface area (Å²) in [5.74, 6) is 0. The highest BCUT2D eigenvalue weighted by Gasteiger charge is 2.09. The topological polar surface area (TPSA) is 52.9 Å². The number of nitriles is 1. The minimum absolute atomic E-state index is 0.149. The summed E-state index contributed by atoms with van der Waals surface area (Å²) in [6.45, 7) is 0. The lowest BCUT2D eigenvalue weighted by molar-refractivity contribution is -0.105. The van der Waals surface area contributed by atoms with E-state index in [0.717, 1.165) is 0 Å². The SMILES string of the molecule is N#Cc1c(NC=O)ccc(Cl)c1Cl. The first-order valence-electron chi connectivity index (χ1n) is 3.29. The number of anilines is 1. The first-order chi connectivity index (χ1) is 6.20. The van der Waals surface area contributed by atoms with Crippen molar-refractivity contribution >= 4 is 35.3 Å². The van der Waals surface area contributed by atoms with Crippen LogP contribution in [0.2, 0.25) is 10.0 Å². The van der Waals surface area contributed by atoms with Gasteiger partial charge in [-0.1, -0.05) is 23.2 Å². The van der Waals surface area contributed by atoms with Gasteiger partial charge in [-0.3, -0.25) is 4.79 Å². The van der Waals surface area contributed by atoms with E-state index in [1.807, 2.05) is 6.07 Å². The van der Waals surface area contributed by atoms with Crippen LogP contribution in [0.5, 0.6) is 0 Å². The number of hydrogen-bond donors (Lipinski definition) is 1. The summed E-state index contributed by atoms with van der Waals surface area (Å²) >= 11 is 11.4. The van der Waals surface area contributed by atoms with Gasteiger partial charge in [-0.05, 0) is 12.1 Å². The van der Waals surface area contributed by atoms with Crippen molar-refractivity contribution < 1.29 is 4.79 Å². The molecule has 66 valence electrons. The van der Waals surface area contributed by atoms with Gasteiger partial charge in [-0.15, -0.1) is 0 Å². The molecule has 0 spiro atoms. The van der Waals surface area contributed by atoms with Crippen molar-refractivity contribution in [1.82, 2.24) is 0 Å². The molecule has 0 aliphatic carbocycles. The molecule has 0 bridgehead atoms. The molecule has 0 saturated carbocycles. The molecule has 0 unspecified atom stereocenters. The van der Waals surface area contributed by atoms with Gasteiger partial charge >= 0.3 is 0 Å². The van der Waals surface area contributed by atoms with Crippen LogP contribution in [0.3, 0.4) is 0 Å². The largest absolute Gasteiger partial charge is 0.327 e. The van der Waals surface area contributed by atoms with Crippen LogP contribution < -0.4 is 5.32 Å². The maximum absolute atomic E-state index is 10.1. The van der Waals surface area contributed by atoms with Crippen molar-refractivity contribution in [2.24, 2.45) is 0 Å². The predicted octanol–water partition coefficient (Wildman–Crippen LogP) is 2.43. The zero-order valence-electron chi connectivity index (χ0n) is 6.34. The quantitative estimate of drug-likeness (QED) is 0.770. The fraction of sp³-hybridized carbons (Fsp3) is 0. The molecule has 0 fully saturated rings. The molecular weight excluding hydrogens is 211 g/mol. The van der Waals surface area contributed by atoms with Crippen molar-refractivity contribution in [2.75, 3.05) is 5.32 Å². The lowest BCUT2D eigenvalue weighted by atomic mass is 10.2. The Kier molecular flexibility index (Phi) is 3.13. The Balaban J connectivity index is 3.31. The summed E-state index contributed by atoms with van der Waals surface area (Å²) in [4.78, 5) is 10.1. The first kappa shape index (κ1) is 9.85. The van der Waals surface area contributed by atoms with Gasteiger partial charge in [0.1, 0.15) is 6.07 Å². The molecule has 13 heavy (non-hydrogen) atoms. The van der Waals surface area contributed by atoms with E-state index in [1.54, 1.807) is 0 Å². The average molecular weight is 215 g/mol. The molecule has 1 amide bonds. The van der Waals surface area contributed by atoms with Gasteiger partial charge in [-0.2, -0.15) is 5.26 Å². The van der Waals surface area contributed by atoms with Crippen LogP contribution in [0.1, 0.15) is 5.56 Å². The van der Waals surface area contributed by atoms with Crippen LogP contribution in [-0.4, -0.2) is 6.41 Å². The summed E-state index contributed by atoms with van der Waals surface area (Å²) in [7, 11) is 0.